The van der Waals surface area contributed by atoms with Crippen molar-refractivity contribution in [3.63, 3.8) is 0 Å². The van der Waals surface area contributed by atoms with Crippen molar-refractivity contribution in [3.05, 3.63) is 0 Å². The summed E-state index contributed by atoms with van der Waals surface area (Å²) in [6.45, 7) is 9.79. The number of aliphatic hydroxyl groups excluding tert-OH is 1. The van der Waals surface area contributed by atoms with E-state index in [1.807, 2.05) is 0 Å². The summed E-state index contributed by atoms with van der Waals surface area (Å²) in [4.78, 5) is 4.90. The SMILES string of the molecule is CC1CCN(CCN2CCOCC2)C1CO. The van der Waals surface area contributed by atoms with Crippen LogP contribution in [0.2, 0.25) is 0 Å². The molecule has 16 heavy (non-hydrogen) atoms. The van der Waals surface area contributed by atoms with Crippen LogP contribution in [0.3, 0.4) is 0 Å². The molecule has 1 N–H and O–H groups in total. The van der Waals surface area contributed by atoms with Gasteiger partial charge in [0.15, 0.2) is 0 Å². The fourth-order valence-corrected chi connectivity index (χ4v) is 2.76. The first kappa shape index (κ1) is 12.3. The minimum Gasteiger partial charge on any atom is -0.395 e. The Morgan fingerprint density at radius 2 is 1.94 bits per heavy atom. The third-order valence-electron chi connectivity index (χ3n) is 3.99. The number of likely N-dealkylation sites (tertiary alicyclic amines) is 1. The highest BCUT2D eigenvalue weighted by molar-refractivity contribution is 4.84. The van der Waals surface area contributed by atoms with Crippen molar-refractivity contribution in [1.82, 2.24) is 9.80 Å². The maximum atomic E-state index is 9.37. The Labute approximate surface area is 98.2 Å². The van der Waals surface area contributed by atoms with Gasteiger partial charge in [-0.1, -0.05) is 6.92 Å². The van der Waals surface area contributed by atoms with E-state index in [1.54, 1.807) is 0 Å². The molecule has 0 aliphatic carbocycles. The third-order valence-corrected chi connectivity index (χ3v) is 3.99. The van der Waals surface area contributed by atoms with Crippen molar-refractivity contribution in [1.29, 1.82) is 0 Å². The van der Waals surface area contributed by atoms with Crippen LogP contribution in [0.5, 0.6) is 0 Å². The first-order chi connectivity index (χ1) is 7.81. The molecule has 0 spiro atoms. The predicted octanol–water partition coefficient (Wildman–Crippen LogP) is 0.0213. The van der Waals surface area contributed by atoms with E-state index in [2.05, 4.69) is 16.7 Å². The second-order valence-corrected chi connectivity index (χ2v) is 5.01. The van der Waals surface area contributed by atoms with Gasteiger partial charge >= 0.3 is 0 Å². The Kier molecular flexibility index (Phi) is 4.58. The molecule has 2 rings (SSSR count). The molecular weight excluding hydrogens is 204 g/mol. The first-order valence-corrected chi connectivity index (χ1v) is 6.46. The topological polar surface area (TPSA) is 35.9 Å². The van der Waals surface area contributed by atoms with Crippen molar-refractivity contribution in [2.45, 2.75) is 19.4 Å². The lowest BCUT2D eigenvalue weighted by Gasteiger charge is -2.31. The van der Waals surface area contributed by atoms with Gasteiger partial charge in [0.1, 0.15) is 0 Å². The van der Waals surface area contributed by atoms with Gasteiger partial charge < -0.3 is 9.84 Å². The maximum absolute atomic E-state index is 9.37. The van der Waals surface area contributed by atoms with Gasteiger partial charge in [0.2, 0.25) is 0 Å². The zero-order valence-electron chi connectivity index (χ0n) is 10.3. The Morgan fingerprint density at radius 3 is 2.62 bits per heavy atom. The Hall–Kier alpha value is -0.160. The maximum Gasteiger partial charge on any atom is 0.0594 e. The number of ether oxygens (including phenoxy) is 1. The summed E-state index contributed by atoms with van der Waals surface area (Å²) in [7, 11) is 0. The van der Waals surface area contributed by atoms with Crippen molar-refractivity contribution in [3.8, 4) is 0 Å². The third kappa shape index (κ3) is 2.94. The smallest absolute Gasteiger partial charge is 0.0594 e. The molecule has 2 unspecified atom stereocenters. The predicted molar refractivity (Wildman–Crippen MR) is 63.5 cm³/mol. The van der Waals surface area contributed by atoms with Crippen LogP contribution >= 0.6 is 0 Å². The normalized spacial score (nSPS) is 33.4. The van der Waals surface area contributed by atoms with Gasteiger partial charge in [-0.15, -0.1) is 0 Å². The number of hydrogen-bond acceptors (Lipinski definition) is 4. The molecule has 0 saturated carbocycles. The first-order valence-electron chi connectivity index (χ1n) is 6.46. The molecule has 4 heteroatoms. The highest BCUT2D eigenvalue weighted by atomic mass is 16.5. The molecule has 0 radical (unpaired) electrons. The second-order valence-electron chi connectivity index (χ2n) is 5.01. The molecule has 0 bridgehead atoms. The fraction of sp³-hybridized carbons (Fsp3) is 1.00. The van der Waals surface area contributed by atoms with Crippen LogP contribution in [0.25, 0.3) is 0 Å². The van der Waals surface area contributed by atoms with Crippen molar-refractivity contribution >= 4 is 0 Å². The number of morpholine rings is 1. The highest BCUT2D eigenvalue weighted by Gasteiger charge is 2.30. The van der Waals surface area contributed by atoms with Crippen LogP contribution in [0.1, 0.15) is 13.3 Å². The van der Waals surface area contributed by atoms with Crippen LogP contribution < -0.4 is 0 Å². The molecule has 2 atom stereocenters. The summed E-state index contributed by atoms with van der Waals surface area (Å²) < 4.78 is 5.34. The summed E-state index contributed by atoms with van der Waals surface area (Å²) in [6.07, 6.45) is 1.23. The lowest BCUT2D eigenvalue weighted by Crippen LogP contribution is -2.44. The molecule has 2 aliphatic rings. The lowest BCUT2D eigenvalue weighted by molar-refractivity contribution is 0.0302. The van der Waals surface area contributed by atoms with Gasteiger partial charge in [-0.3, -0.25) is 9.80 Å². The van der Waals surface area contributed by atoms with E-state index < -0.39 is 0 Å². The highest BCUT2D eigenvalue weighted by Crippen LogP contribution is 2.22. The Balaban J connectivity index is 1.72. The molecule has 2 fully saturated rings. The van der Waals surface area contributed by atoms with Crippen LogP contribution in [0.15, 0.2) is 0 Å². The fourth-order valence-electron chi connectivity index (χ4n) is 2.76. The van der Waals surface area contributed by atoms with E-state index >= 15 is 0 Å². The Morgan fingerprint density at radius 1 is 1.19 bits per heavy atom. The average molecular weight is 228 g/mol. The van der Waals surface area contributed by atoms with Crippen molar-refractivity contribution < 1.29 is 9.84 Å². The van der Waals surface area contributed by atoms with Gasteiger partial charge in [-0.05, 0) is 18.9 Å². The van der Waals surface area contributed by atoms with Crippen LogP contribution in [0.4, 0.5) is 0 Å². The second kappa shape index (κ2) is 5.96. The summed E-state index contributed by atoms with van der Waals surface area (Å²) in [5, 5.41) is 9.37. The minimum atomic E-state index is 0.310. The summed E-state index contributed by atoms with van der Waals surface area (Å²) in [5.41, 5.74) is 0. The summed E-state index contributed by atoms with van der Waals surface area (Å²) >= 11 is 0. The molecule has 2 heterocycles. The van der Waals surface area contributed by atoms with Gasteiger partial charge in [0.05, 0.1) is 19.8 Å². The minimum absolute atomic E-state index is 0.310. The molecule has 94 valence electrons. The van der Waals surface area contributed by atoms with Gasteiger partial charge in [0.25, 0.3) is 0 Å². The molecule has 4 nitrogen and oxygen atoms in total. The van der Waals surface area contributed by atoms with Crippen LogP contribution in [-0.2, 0) is 4.74 Å². The number of hydrogen-bond donors (Lipinski definition) is 1. The van der Waals surface area contributed by atoms with E-state index in [0.717, 1.165) is 45.9 Å². The average Bonchev–Trinajstić information content (AvgIpc) is 2.68. The lowest BCUT2D eigenvalue weighted by atomic mass is 10.0. The molecule has 2 aliphatic heterocycles. The summed E-state index contributed by atoms with van der Waals surface area (Å²) in [6, 6.07) is 0.390. The van der Waals surface area contributed by atoms with Crippen molar-refractivity contribution in [2.24, 2.45) is 5.92 Å². The number of aliphatic hydroxyl groups is 1. The van der Waals surface area contributed by atoms with Gasteiger partial charge in [-0.25, -0.2) is 0 Å². The molecule has 0 amide bonds. The quantitative estimate of drug-likeness (QED) is 0.736. The standard InChI is InChI=1S/C12H24N2O2/c1-11-2-3-14(12(11)10-15)5-4-13-6-8-16-9-7-13/h11-12,15H,2-10H2,1H3. The molecule has 0 aromatic heterocycles. The molecular formula is C12H24N2O2. The monoisotopic (exact) mass is 228 g/mol. The zero-order chi connectivity index (χ0) is 11.4. The van der Waals surface area contributed by atoms with E-state index in [9.17, 15) is 5.11 Å². The molecule has 0 aromatic carbocycles. The Bertz CT molecular complexity index is 207. The zero-order valence-corrected chi connectivity index (χ0v) is 10.3. The molecule has 0 aromatic rings. The van der Waals surface area contributed by atoms with E-state index in [1.165, 1.54) is 6.42 Å². The number of nitrogens with zero attached hydrogens (tertiary/aromatic N) is 2. The van der Waals surface area contributed by atoms with E-state index in [4.69, 9.17) is 4.74 Å². The van der Waals surface area contributed by atoms with Crippen LogP contribution in [-0.4, -0.2) is 73.5 Å². The van der Waals surface area contributed by atoms with Gasteiger partial charge in [0, 0.05) is 32.2 Å². The largest absolute Gasteiger partial charge is 0.395 e. The molecule has 2 saturated heterocycles. The number of rotatable bonds is 4. The van der Waals surface area contributed by atoms with Crippen LogP contribution in [0, 0.1) is 5.92 Å². The van der Waals surface area contributed by atoms with E-state index in [0.29, 0.717) is 18.6 Å². The summed E-state index contributed by atoms with van der Waals surface area (Å²) in [5.74, 6) is 0.648. The van der Waals surface area contributed by atoms with Gasteiger partial charge in [-0.2, -0.15) is 0 Å². The van der Waals surface area contributed by atoms with Crippen molar-refractivity contribution in [2.75, 3.05) is 52.5 Å². The van der Waals surface area contributed by atoms with E-state index in [-0.39, 0.29) is 0 Å².